The first-order chi connectivity index (χ1) is 9.88. The van der Waals surface area contributed by atoms with Crippen molar-refractivity contribution < 1.29 is 9.53 Å². The van der Waals surface area contributed by atoms with Crippen molar-refractivity contribution in [2.24, 2.45) is 5.41 Å². The van der Waals surface area contributed by atoms with Gasteiger partial charge in [0.2, 0.25) is 0 Å². The van der Waals surface area contributed by atoms with Crippen molar-refractivity contribution in [1.82, 2.24) is 5.32 Å². The maximum atomic E-state index is 12.4. The van der Waals surface area contributed by atoms with E-state index in [1.807, 2.05) is 26.0 Å². The van der Waals surface area contributed by atoms with Crippen LogP contribution >= 0.6 is 0 Å². The SMILES string of the molecule is Cc1cc(C)cc(O[C@H](C)C(=O)NC(C)(C)CC(C)(C)C)c1. The van der Waals surface area contributed by atoms with Crippen molar-refractivity contribution in [2.75, 3.05) is 0 Å². The molecule has 1 aromatic carbocycles. The number of carbonyl (C=O) groups is 1. The van der Waals surface area contributed by atoms with Crippen molar-refractivity contribution in [3.8, 4) is 5.75 Å². The van der Waals surface area contributed by atoms with E-state index in [4.69, 9.17) is 4.74 Å². The van der Waals surface area contributed by atoms with Crippen molar-refractivity contribution in [3.05, 3.63) is 29.3 Å². The van der Waals surface area contributed by atoms with Crippen LogP contribution in [0.25, 0.3) is 0 Å². The molecule has 0 aromatic heterocycles. The normalized spacial score (nSPS) is 13.6. The zero-order valence-electron chi connectivity index (χ0n) is 15.3. The molecular weight excluding hydrogens is 274 g/mol. The lowest BCUT2D eigenvalue weighted by molar-refractivity contribution is -0.129. The van der Waals surface area contributed by atoms with Crippen molar-refractivity contribution >= 4 is 5.91 Å². The van der Waals surface area contributed by atoms with Gasteiger partial charge in [-0.3, -0.25) is 4.79 Å². The van der Waals surface area contributed by atoms with Crippen LogP contribution in [0, 0.1) is 19.3 Å². The Balaban J connectivity index is 2.69. The zero-order valence-corrected chi connectivity index (χ0v) is 15.3. The van der Waals surface area contributed by atoms with E-state index in [-0.39, 0.29) is 16.9 Å². The summed E-state index contributed by atoms with van der Waals surface area (Å²) in [5.74, 6) is 0.669. The molecule has 0 spiro atoms. The minimum absolute atomic E-state index is 0.0755. The fourth-order valence-electron chi connectivity index (χ4n) is 3.06. The van der Waals surface area contributed by atoms with Crippen LogP contribution in [0.4, 0.5) is 0 Å². The first-order valence-electron chi connectivity index (χ1n) is 7.95. The summed E-state index contributed by atoms with van der Waals surface area (Å²) in [7, 11) is 0. The summed E-state index contributed by atoms with van der Waals surface area (Å²) in [6.07, 6.45) is 0.391. The zero-order chi connectivity index (χ0) is 17.1. The second kappa shape index (κ2) is 6.72. The van der Waals surface area contributed by atoms with Crippen LogP contribution in [-0.4, -0.2) is 17.6 Å². The highest BCUT2D eigenvalue weighted by molar-refractivity contribution is 5.81. The minimum Gasteiger partial charge on any atom is -0.481 e. The number of rotatable bonds is 5. The number of nitrogens with one attached hydrogen (secondary N) is 1. The standard InChI is InChI=1S/C19H31NO2/c1-13-9-14(2)11-16(10-13)22-15(3)17(21)20-19(7,8)12-18(4,5)6/h9-11,15H,12H2,1-8H3,(H,20,21)/t15-/m1/s1. The third-order valence-electron chi connectivity index (χ3n) is 3.31. The van der Waals surface area contributed by atoms with Gasteiger partial charge in [0.05, 0.1) is 0 Å². The van der Waals surface area contributed by atoms with Gasteiger partial charge >= 0.3 is 0 Å². The molecule has 0 aliphatic heterocycles. The van der Waals surface area contributed by atoms with E-state index in [2.05, 4.69) is 46.0 Å². The van der Waals surface area contributed by atoms with E-state index in [1.54, 1.807) is 6.92 Å². The van der Waals surface area contributed by atoms with Gasteiger partial charge in [0.15, 0.2) is 6.10 Å². The van der Waals surface area contributed by atoms with Gasteiger partial charge in [-0.2, -0.15) is 0 Å². The quantitative estimate of drug-likeness (QED) is 0.875. The predicted octanol–water partition coefficient (Wildman–Crippen LogP) is 4.40. The van der Waals surface area contributed by atoms with Crippen LogP contribution in [0.5, 0.6) is 5.75 Å². The first-order valence-corrected chi connectivity index (χ1v) is 7.95. The van der Waals surface area contributed by atoms with Gasteiger partial charge < -0.3 is 10.1 Å². The van der Waals surface area contributed by atoms with Crippen molar-refractivity contribution in [3.63, 3.8) is 0 Å². The fourth-order valence-corrected chi connectivity index (χ4v) is 3.06. The number of ether oxygens (including phenoxy) is 1. The van der Waals surface area contributed by atoms with E-state index in [1.165, 1.54) is 0 Å². The molecule has 1 rings (SSSR count). The van der Waals surface area contributed by atoms with Crippen molar-refractivity contribution in [1.29, 1.82) is 0 Å². The summed E-state index contributed by atoms with van der Waals surface area (Å²) in [6.45, 7) is 16.5. The molecule has 0 aliphatic rings. The minimum atomic E-state index is -0.513. The Bertz CT molecular complexity index is 506. The lowest BCUT2D eigenvalue weighted by Gasteiger charge is -2.34. The van der Waals surface area contributed by atoms with Gasteiger partial charge in [-0.1, -0.05) is 26.8 Å². The molecule has 0 unspecified atom stereocenters. The van der Waals surface area contributed by atoms with Gasteiger partial charge in [0, 0.05) is 5.54 Å². The molecule has 3 heteroatoms. The number of hydrogen-bond donors (Lipinski definition) is 1. The maximum absolute atomic E-state index is 12.4. The molecule has 3 nitrogen and oxygen atoms in total. The molecule has 22 heavy (non-hydrogen) atoms. The Kier molecular flexibility index (Phi) is 5.66. The Morgan fingerprint density at radius 2 is 1.59 bits per heavy atom. The van der Waals surface area contributed by atoms with E-state index in [0.717, 1.165) is 23.3 Å². The number of amides is 1. The molecule has 1 aromatic rings. The molecule has 0 aliphatic carbocycles. The van der Waals surface area contributed by atoms with Crippen LogP contribution in [0.2, 0.25) is 0 Å². The van der Waals surface area contributed by atoms with E-state index in [0.29, 0.717) is 0 Å². The van der Waals surface area contributed by atoms with Gasteiger partial charge in [-0.15, -0.1) is 0 Å². The molecule has 1 amide bonds. The number of carbonyl (C=O) groups excluding carboxylic acids is 1. The van der Waals surface area contributed by atoms with Crippen LogP contribution < -0.4 is 10.1 Å². The van der Waals surface area contributed by atoms with Gasteiger partial charge in [0.25, 0.3) is 5.91 Å². The molecular formula is C19H31NO2. The third-order valence-corrected chi connectivity index (χ3v) is 3.31. The summed E-state index contributed by atoms with van der Waals surface area (Å²) in [5, 5.41) is 3.10. The summed E-state index contributed by atoms with van der Waals surface area (Å²) >= 11 is 0. The number of hydrogen-bond acceptors (Lipinski definition) is 2. The van der Waals surface area contributed by atoms with Crippen LogP contribution in [0.3, 0.4) is 0 Å². The monoisotopic (exact) mass is 305 g/mol. The van der Waals surface area contributed by atoms with Gasteiger partial charge in [-0.25, -0.2) is 0 Å². The Morgan fingerprint density at radius 3 is 2.05 bits per heavy atom. The van der Waals surface area contributed by atoms with E-state index < -0.39 is 6.10 Å². The summed E-state index contributed by atoms with van der Waals surface area (Å²) in [6, 6.07) is 6.00. The lowest BCUT2D eigenvalue weighted by atomic mass is 9.81. The highest BCUT2D eigenvalue weighted by atomic mass is 16.5. The average molecular weight is 305 g/mol. The van der Waals surface area contributed by atoms with Gasteiger partial charge in [0.1, 0.15) is 5.75 Å². The average Bonchev–Trinajstić information content (AvgIpc) is 2.22. The lowest BCUT2D eigenvalue weighted by Crippen LogP contribution is -2.50. The van der Waals surface area contributed by atoms with Crippen molar-refractivity contribution in [2.45, 2.75) is 73.5 Å². The molecule has 1 N–H and O–H groups in total. The number of aryl methyl sites for hydroxylation is 2. The summed E-state index contributed by atoms with van der Waals surface area (Å²) in [5.41, 5.74) is 2.18. The molecule has 0 fully saturated rings. The fraction of sp³-hybridized carbons (Fsp3) is 0.632. The smallest absolute Gasteiger partial charge is 0.261 e. The second-order valence-electron chi connectivity index (χ2n) is 8.19. The maximum Gasteiger partial charge on any atom is 0.261 e. The highest BCUT2D eigenvalue weighted by Crippen LogP contribution is 2.27. The van der Waals surface area contributed by atoms with Crippen LogP contribution in [-0.2, 0) is 4.79 Å². The topological polar surface area (TPSA) is 38.3 Å². The summed E-state index contributed by atoms with van der Waals surface area (Å²) in [4.78, 5) is 12.4. The Labute approximate surface area is 135 Å². The molecule has 0 bridgehead atoms. The molecule has 0 radical (unpaired) electrons. The van der Waals surface area contributed by atoms with Crippen LogP contribution in [0.1, 0.15) is 59.1 Å². The number of benzene rings is 1. The third kappa shape index (κ3) is 6.50. The largest absolute Gasteiger partial charge is 0.481 e. The van der Waals surface area contributed by atoms with Crippen LogP contribution in [0.15, 0.2) is 18.2 Å². The van der Waals surface area contributed by atoms with E-state index in [9.17, 15) is 4.79 Å². The molecule has 124 valence electrons. The van der Waals surface area contributed by atoms with Gasteiger partial charge in [-0.05, 0) is 69.7 Å². The van der Waals surface area contributed by atoms with E-state index >= 15 is 0 Å². The predicted molar refractivity (Wildman–Crippen MR) is 92.3 cm³/mol. The first kappa shape index (κ1) is 18.5. The molecule has 0 saturated heterocycles. The highest BCUT2D eigenvalue weighted by Gasteiger charge is 2.29. The second-order valence-corrected chi connectivity index (χ2v) is 8.19. The summed E-state index contributed by atoms with van der Waals surface area (Å²) < 4.78 is 5.80. The Morgan fingerprint density at radius 1 is 1.09 bits per heavy atom. The molecule has 1 atom stereocenters. The molecule has 0 heterocycles. The Hall–Kier alpha value is -1.51. The molecule has 0 saturated carbocycles.